The Hall–Kier alpha value is -4.74. The lowest BCUT2D eigenvalue weighted by Crippen LogP contribution is -2.40. The van der Waals surface area contributed by atoms with Crippen molar-refractivity contribution in [3.63, 3.8) is 0 Å². The molecule has 1 fully saturated rings. The number of carbonyl (C=O) groups is 2. The van der Waals surface area contributed by atoms with E-state index >= 15 is 0 Å². The van der Waals surface area contributed by atoms with Crippen LogP contribution < -0.4 is 11.1 Å². The minimum Gasteiger partial charge on any atom is -0.383 e. The minimum atomic E-state index is -4.53. The summed E-state index contributed by atoms with van der Waals surface area (Å²) < 4.78 is 41.0. The summed E-state index contributed by atoms with van der Waals surface area (Å²) in [5.41, 5.74) is 7.09. The van der Waals surface area contributed by atoms with Crippen molar-refractivity contribution < 1.29 is 22.8 Å². The van der Waals surface area contributed by atoms with E-state index < -0.39 is 17.6 Å². The molecule has 2 aromatic heterocycles. The van der Waals surface area contributed by atoms with Gasteiger partial charge in [-0.05, 0) is 49.2 Å². The number of nitrogens with one attached hydrogen (secondary N) is 1. The summed E-state index contributed by atoms with van der Waals surface area (Å²) in [6, 6.07) is 10.8. The number of nitrogens with zero attached hydrogens (tertiary/aromatic N) is 5. The second-order valence-corrected chi connectivity index (χ2v) is 9.15. The molecule has 4 aromatic rings. The molecule has 2 aromatic carbocycles. The van der Waals surface area contributed by atoms with Gasteiger partial charge in [-0.1, -0.05) is 24.8 Å². The summed E-state index contributed by atoms with van der Waals surface area (Å²) in [4.78, 5) is 35.4. The normalized spacial score (nSPS) is 15.8. The van der Waals surface area contributed by atoms with Crippen LogP contribution in [-0.2, 0) is 11.0 Å². The molecular weight excluding hydrogens is 511 g/mol. The number of rotatable bonds is 5. The highest BCUT2D eigenvalue weighted by atomic mass is 19.4. The monoisotopic (exact) mass is 535 g/mol. The fraction of sp³-hybridized carbons (Fsp3) is 0.222. The van der Waals surface area contributed by atoms with Crippen molar-refractivity contribution in [2.75, 3.05) is 24.1 Å². The number of hydrogen-bond donors (Lipinski definition) is 2. The Morgan fingerprint density at radius 2 is 1.92 bits per heavy atom. The molecule has 0 spiro atoms. The minimum absolute atomic E-state index is 0.0172. The number of benzene rings is 2. The molecule has 12 heteroatoms. The van der Waals surface area contributed by atoms with Gasteiger partial charge >= 0.3 is 6.18 Å². The number of nitrogen functional groups attached to an aromatic ring is 1. The summed E-state index contributed by atoms with van der Waals surface area (Å²) in [6.07, 6.45) is -0.372. The Bertz CT molecular complexity index is 1580. The molecule has 0 unspecified atom stereocenters. The first kappa shape index (κ1) is 25.9. The van der Waals surface area contributed by atoms with Gasteiger partial charge < -0.3 is 16.0 Å². The quantitative estimate of drug-likeness (QED) is 0.358. The summed E-state index contributed by atoms with van der Waals surface area (Å²) in [7, 11) is 0. The number of amides is 2. The van der Waals surface area contributed by atoms with Crippen molar-refractivity contribution >= 4 is 34.4 Å². The third-order valence-corrected chi connectivity index (χ3v) is 6.59. The van der Waals surface area contributed by atoms with Crippen LogP contribution in [0.5, 0.6) is 0 Å². The van der Waals surface area contributed by atoms with Gasteiger partial charge in [0.15, 0.2) is 5.65 Å². The molecule has 9 nitrogen and oxygen atoms in total. The number of halogens is 3. The number of likely N-dealkylation sites (tertiary alicyclic amines) is 1. The average Bonchev–Trinajstić information content (AvgIpc) is 3.33. The molecule has 1 saturated heterocycles. The molecule has 1 aliphatic heterocycles. The van der Waals surface area contributed by atoms with E-state index in [0.29, 0.717) is 35.4 Å². The van der Waals surface area contributed by atoms with Crippen molar-refractivity contribution in [1.82, 2.24) is 24.6 Å². The number of anilines is 2. The lowest BCUT2D eigenvalue weighted by atomic mass is 10.1. The molecule has 39 heavy (non-hydrogen) atoms. The first-order valence-corrected chi connectivity index (χ1v) is 12.1. The number of piperidine rings is 1. The smallest absolute Gasteiger partial charge is 0.383 e. The molecule has 0 bridgehead atoms. The fourth-order valence-corrected chi connectivity index (χ4v) is 4.72. The highest BCUT2D eigenvalue weighted by Gasteiger charge is 2.31. The van der Waals surface area contributed by atoms with Crippen LogP contribution in [-0.4, -0.2) is 49.6 Å². The van der Waals surface area contributed by atoms with Gasteiger partial charge in [-0.2, -0.15) is 18.3 Å². The van der Waals surface area contributed by atoms with Crippen molar-refractivity contribution in [3.8, 4) is 11.3 Å². The maximum Gasteiger partial charge on any atom is 0.416 e. The maximum atomic E-state index is 13.1. The van der Waals surface area contributed by atoms with Crippen LogP contribution in [0.2, 0.25) is 0 Å². The van der Waals surface area contributed by atoms with E-state index in [4.69, 9.17) is 10.8 Å². The Morgan fingerprint density at radius 3 is 2.69 bits per heavy atom. The Kier molecular flexibility index (Phi) is 6.77. The molecule has 0 saturated carbocycles. The summed E-state index contributed by atoms with van der Waals surface area (Å²) in [5, 5.41) is 7.82. The van der Waals surface area contributed by atoms with Gasteiger partial charge in [0, 0.05) is 29.9 Å². The van der Waals surface area contributed by atoms with Gasteiger partial charge in [-0.3, -0.25) is 9.59 Å². The van der Waals surface area contributed by atoms with Gasteiger partial charge in [0.25, 0.3) is 5.91 Å². The van der Waals surface area contributed by atoms with Crippen molar-refractivity contribution in [1.29, 1.82) is 0 Å². The molecule has 2 amide bonds. The lowest BCUT2D eigenvalue weighted by molar-refractivity contribution is -0.137. The van der Waals surface area contributed by atoms with Crippen LogP contribution in [0.1, 0.15) is 34.8 Å². The molecular formula is C27H24F3N7O2. The number of fused-ring (bicyclic) bond motifs is 1. The maximum absolute atomic E-state index is 13.1. The predicted octanol–water partition coefficient (Wildman–Crippen LogP) is 4.70. The number of hydrogen-bond acceptors (Lipinski definition) is 6. The highest BCUT2D eigenvalue weighted by Crippen LogP contribution is 2.34. The fourth-order valence-electron chi connectivity index (χ4n) is 4.72. The van der Waals surface area contributed by atoms with Gasteiger partial charge in [-0.25, -0.2) is 14.6 Å². The van der Waals surface area contributed by atoms with Crippen LogP contribution in [0.15, 0.2) is 67.5 Å². The van der Waals surface area contributed by atoms with Crippen molar-refractivity contribution in [2.45, 2.75) is 25.1 Å². The van der Waals surface area contributed by atoms with E-state index in [1.54, 1.807) is 33.8 Å². The number of carbonyl (C=O) groups excluding carboxylic acids is 2. The largest absolute Gasteiger partial charge is 0.416 e. The van der Waals surface area contributed by atoms with Crippen LogP contribution in [0.3, 0.4) is 0 Å². The van der Waals surface area contributed by atoms with Crippen LogP contribution in [0.4, 0.5) is 24.7 Å². The first-order valence-electron chi connectivity index (χ1n) is 12.1. The molecule has 1 aliphatic rings. The van der Waals surface area contributed by atoms with E-state index in [0.717, 1.165) is 25.0 Å². The van der Waals surface area contributed by atoms with E-state index in [2.05, 4.69) is 21.9 Å². The Morgan fingerprint density at radius 1 is 1.13 bits per heavy atom. The topological polar surface area (TPSA) is 119 Å². The second kappa shape index (κ2) is 10.2. The lowest BCUT2D eigenvalue weighted by Gasteiger charge is -2.32. The third kappa shape index (κ3) is 5.17. The highest BCUT2D eigenvalue weighted by molar-refractivity contribution is 6.06. The van der Waals surface area contributed by atoms with E-state index in [1.807, 2.05) is 0 Å². The number of alkyl halides is 3. The SMILES string of the molecule is C=CC(=O)N1CCC[C@@H](n2nc(-c3cccc(C(=O)Nc4cccc(C(F)(F)F)c4)c3)c3c(N)ncnc32)C1. The summed E-state index contributed by atoms with van der Waals surface area (Å²) in [5.74, 6) is -0.546. The Labute approximate surface area is 221 Å². The zero-order valence-corrected chi connectivity index (χ0v) is 20.7. The zero-order valence-electron chi connectivity index (χ0n) is 20.7. The first-order chi connectivity index (χ1) is 18.7. The molecule has 3 N–H and O–H groups in total. The third-order valence-electron chi connectivity index (χ3n) is 6.59. The second-order valence-electron chi connectivity index (χ2n) is 9.15. The molecule has 0 radical (unpaired) electrons. The van der Waals surface area contributed by atoms with E-state index in [1.165, 1.54) is 24.5 Å². The van der Waals surface area contributed by atoms with E-state index in [9.17, 15) is 22.8 Å². The number of aromatic nitrogens is 4. The van der Waals surface area contributed by atoms with Crippen molar-refractivity contribution in [3.05, 3.63) is 78.6 Å². The number of nitrogens with two attached hydrogens (primary N) is 1. The predicted molar refractivity (Wildman–Crippen MR) is 140 cm³/mol. The summed E-state index contributed by atoms with van der Waals surface area (Å²) >= 11 is 0. The molecule has 5 rings (SSSR count). The van der Waals surface area contributed by atoms with Crippen LogP contribution in [0, 0.1) is 0 Å². The zero-order chi connectivity index (χ0) is 27.7. The molecule has 200 valence electrons. The van der Waals surface area contributed by atoms with Crippen LogP contribution in [0.25, 0.3) is 22.3 Å². The van der Waals surface area contributed by atoms with Gasteiger partial charge in [0.1, 0.15) is 17.8 Å². The van der Waals surface area contributed by atoms with Gasteiger partial charge in [0.05, 0.1) is 17.0 Å². The van der Waals surface area contributed by atoms with Gasteiger partial charge in [0.2, 0.25) is 5.91 Å². The van der Waals surface area contributed by atoms with E-state index in [-0.39, 0.29) is 29.0 Å². The standard InChI is InChI=1S/C27H24F3N7O2/c1-2-21(38)36-11-5-10-20(14-36)37-25-22(24(31)32-15-33-25)23(35-37)16-6-3-7-17(12-16)26(39)34-19-9-4-8-18(13-19)27(28,29)30/h2-4,6-9,12-13,15,20H,1,5,10-11,14H2,(H,34,39)(H2,31,32,33)/t20-/m1/s1. The van der Waals surface area contributed by atoms with Gasteiger partial charge in [-0.15, -0.1) is 0 Å². The molecule has 3 heterocycles. The molecule has 1 atom stereocenters. The van der Waals surface area contributed by atoms with Crippen molar-refractivity contribution in [2.24, 2.45) is 0 Å². The van der Waals surface area contributed by atoms with Crippen LogP contribution >= 0.6 is 0 Å². The summed E-state index contributed by atoms with van der Waals surface area (Å²) in [6.45, 7) is 4.61. The Balaban J connectivity index is 1.49. The molecule has 0 aliphatic carbocycles. The average molecular weight is 536 g/mol.